The third-order valence-corrected chi connectivity index (χ3v) is 6.80. The monoisotopic (exact) mass is 670 g/mol. The molecule has 1 aliphatic rings. The molecule has 11 nitrogen and oxygen atoms in total. The van der Waals surface area contributed by atoms with Crippen LogP contribution in [-0.4, -0.2) is 35.3 Å². The maximum Gasteiger partial charge on any atom is 0.335 e. The maximum absolute atomic E-state index is 13.3. The van der Waals surface area contributed by atoms with Gasteiger partial charge in [-0.2, -0.15) is 0 Å². The number of rotatable bonds is 7. The third-order valence-electron chi connectivity index (χ3n) is 5.75. The average molecular weight is 672 g/mol. The van der Waals surface area contributed by atoms with Crippen molar-refractivity contribution in [1.82, 2.24) is 5.32 Å². The highest BCUT2D eigenvalue weighted by molar-refractivity contribution is 9.11. The second kappa shape index (κ2) is 11.8. The van der Waals surface area contributed by atoms with Crippen LogP contribution in [0.4, 0.5) is 21.9 Å². The topological polar surface area (TPSA) is 148 Å². The summed E-state index contributed by atoms with van der Waals surface area (Å²) in [6.45, 7) is 3.38. The Labute approximate surface area is 244 Å². The van der Waals surface area contributed by atoms with Crippen molar-refractivity contribution in [1.29, 1.82) is 0 Å². The summed E-state index contributed by atoms with van der Waals surface area (Å²) in [5, 5.41) is 16.1. The molecule has 1 heterocycles. The number of carbonyl (C=O) groups is 4. The van der Waals surface area contributed by atoms with Crippen LogP contribution in [-0.2, 0) is 14.4 Å². The number of nitrogens with zero attached hydrogens (tertiary/aromatic N) is 2. The second-order valence-corrected chi connectivity index (χ2v) is 10.5. The lowest BCUT2D eigenvalue weighted by atomic mass is 10.1. The number of hydrogen-bond donors (Lipinski definition) is 2. The number of benzene rings is 3. The molecule has 1 saturated heterocycles. The molecule has 1 aliphatic heterocycles. The molecule has 0 aliphatic carbocycles. The molecule has 0 radical (unpaired) electrons. The molecule has 0 unspecified atom stereocenters. The van der Waals surface area contributed by atoms with E-state index in [-0.39, 0.29) is 29.3 Å². The van der Waals surface area contributed by atoms with E-state index in [1.165, 1.54) is 24.3 Å². The smallest absolute Gasteiger partial charge is 0.335 e. The quantitative estimate of drug-likeness (QED) is 0.147. The maximum atomic E-state index is 13.3. The van der Waals surface area contributed by atoms with Gasteiger partial charge in [0.1, 0.15) is 11.3 Å². The van der Waals surface area contributed by atoms with Crippen LogP contribution in [0.2, 0.25) is 0 Å². The van der Waals surface area contributed by atoms with E-state index in [2.05, 4.69) is 42.5 Å². The number of nitro benzene ring substituents is 1. The number of barbiturate groups is 1. The predicted octanol–water partition coefficient (Wildman–Crippen LogP) is 5.42. The van der Waals surface area contributed by atoms with Crippen LogP contribution in [0.3, 0.4) is 0 Å². The zero-order chi connectivity index (χ0) is 29.1. The lowest BCUT2D eigenvalue weighted by molar-refractivity contribution is -0.384. The molecule has 0 spiro atoms. The number of ether oxygens (including phenoxy) is 1. The number of non-ortho nitro benzene ring substituents is 1. The van der Waals surface area contributed by atoms with Crippen molar-refractivity contribution in [2.45, 2.75) is 13.8 Å². The second-order valence-electron chi connectivity index (χ2n) is 8.70. The van der Waals surface area contributed by atoms with Gasteiger partial charge < -0.3 is 10.1 Å². The van der Waals surface area contributed by atoms with Gasteiger partial charge in [-0.1, -0.05) is 34.1 Å². The van der Waals surface area contributed by atoms with Gasteiger partial charge in [0, 0.05) is 27.9 Å². The zero-order valence-electron chi connectivity index (χ0n) is 21.0. The molecule has 2 N–H and O–H groups in total. The molecule has 204 valence electrons. The molecule has 0 aromatic heterocycles. The van der Waals surface area contributed by atoms with E-state index in [0.717, 1.165) is 17.2 Å². The summed E-state index contributed by atoms with van der Waals surface area (Å²) in [4.78, 5) is 62.4. The first-order valence-corrected chi connectivity index (χ1v) is 13.2. The summed E-state index contributed by atoms with van der Waals surface area (Å²) in [7, 11) is 0. The molecule has 1 fully saturated rings. The summed E-state index contributed by atoms with van der Waals surface area (Å²) in [6.07, 6.45) is 1.21. The van der Waals surface area contributed by atoms with Gasteiger partial charge in [-0.3, -0.25) is 29.8 Å². The van der Waals surface area contributed by atoms with Gasteiger partial charge in [-0.25, -0.2) is 9.69 Å². The van der Waals surface area contributed by atoms with Crippen LogP contribution in [0.15, 0.2) is 69.1 Å². The van der Waals surface area contributed by atoms with Crippen LogP contribution in [0.1, 0.15) is 16.7 Å². The minimum Gasteiger partial charge on any atom is -0.482 e. The van der Waals surface area contributed by atoms with Gasteiger partial charge >= 0.3 is 6.03 Å². The molecule has 13 heteroatoms. The van der Waals surface area contributed by atoms with Gasteiger partial charge in [-0.05, 0) is 71.2 Å². The number of amides is 5. The highest BCUT2D eigenvalue weighted by Crippen LogP contribution is 2.35. The van der Waals surface area contributed by atoms with E-state index < -0.39 is 34.2 Å². The Morgan fingerprint density at radius 1 is 1.10 bits per heavy atom. The van der Waals surface area contributed by atoms with Crippen molar-refractivity contribution in [3.8, 4) is 5.75 Å². The predicted molar refractivity (Wildman–Crippen MR) is 154 cm³/mol. The fourth-order valence-corrected chi connectivity index (χ4v) is 5.20. The first-order valence-electron chi connectivity index (χ1n) is 11.6. The lowest BCUT2D eigenvalue weighted by Crippen LogP contribution is -2.54. The number of anilines is 2. The van der Waals surface area contributed by atoms with E-state index >= 15 is 0 Å². The standard InChI is InChI=1S/C27H20Br2N4O7/c1-14-6-7-15(2)22(8-14)30-23(34)13-40-24-16(9-17(28)11-21(24)29)10-20-25(35)31-27(37)32(26(20)36)18-4-3-5-19(12-18)33(38)39/h3-12H,13H2,1-2H3,(H,30,34)(H,31,35,37)/b20-10-. The van der Waals surface area contributed by atoms with Crippen molar-refractivity contribution in [2.75, 3.05) is 16.8 Å². The molecule has 3 aromatic rings. The van der Waals surface area contributed by atoms with E-state index in [0.29, 0.717) is 19.5 Å². The molecular weight excluding hydrogens is 652 g/mol. The summed E-state index contributed by atoms with van der Waals surface area (Å²) in [6, 6.07) is 12.7. The molecule has 40 heavy (non-hydrogen) atoms. The number of urea groups is 1. The van der Waals surface area contributed by atoms with Crippen molar-refractivity contribution < 1.29 is 28.8 Å². The molecule has 5 amide bonds. The summed E-state index contributed by atoms with van der Waals surface area (Å²) in [5.41, 5.74) is 1.87. The molecule has 0 atom stereocenters. The largest absolute Gasteiger partial charge is 0.482 e. The van der Waals surface area contributed by atoms with Crippen molar-refractivity contribution >= 4 is 78.8 Å². The van der Waals surface area contributed by atoms with E-state index in [9.17, 15) is 29.3 Å². The highest BCUT2D eigenvalue weighted by atomic mass is 79.9. The lowest BCUT2D eigenvalue weighted by Gasteiger charge is -2.26. The van der Waals surface area contributed by atoms with E-state index in [4.69, 9.17) is 4.74 Å². The molecule has 3 aromatic carbocycles. The Morgan fingerprint density at radius 3 is 2.58 bits per heavy atom. The fraction of sp³-hybridized carbons (Fsp3) is 0.111. The van der Waals surface area contributed by atoms with Gasteiger partial charge in [0.2, 0.25) is 0 Å². The van der Waals surface area contributed by atoms with Crippen LogP contribution in [0.25, 0.3) is 6.08 Å². The number of aryl methyl sites for hydroxylation is 2. The fourth-order valence-electron chi connectivity index (χ4n) is 3.83. The van der Waals surface area contributed by atoms with Gasteiger partial charge in [0.25, 0.3) is 23.4 Å². The molecule has 0 saturated carbocycles. The minimum absolute atomic E-state index is 0.0925. The summed E-state index contributed by atoms with van der Waals surface area (Å²) in [5.74, 6) is -2.24. The minimum atomic E-state index is -1.05. The first-order chi connectivity index (χ1) is 18.9. The Bertz CT molecular complexity index is 1620. The van der Waals surface area contributed by atoms with Gasteiger partial charge in [0.15, 0.2) is 6.61 Å². The van der Waals surface area contributed by atoms with Crippen molar-refractivity contribution in [3.05, 3.63) is 95.9 Å². The van der Waals surface area contributed by atoms with Crippen molar-refractivity contribution in [3.63, 3.8) is 0 Å². The van der Waals surface area contributed by atoms with Crippen LogP contribution in [0, 0.1) is 24.0 Å². The van der Waals surface area contributed by atoms with Crippen LogP contribution >= 0.6 is 31.9 Å². The average Bonchev–Trinajstić information content (AvgIpc) is 2.88. The number of hydrogen-bond acceptors (Lipinski definition) is 7. The van der Waals surface area contributed by atoms with E-state index in [1.807, 2.05) is 32.0 Å². The van der Waals surface area contributed by atoms with Gasteiger partial charge in [-0.15, -0.1) is 0 Å². The zero-order valence-corrected chi connectivity index (χ0v) is 24.2. The third kappa shape index (κ3) is 6.26. The van der Waals surface area contributed by atoms with Crippen LogP contribution in [0.5, 0.6) is 5.75 Å². The molecule has 0 bridgehead atoms. The number of nitro groups is 1. The highest BCUT2D eigenvalue weighted by Gasteiger charge is 2.37. The van der Waals surface area contributed by atoms with Crippen LogP contribution < -0.4 is 20.3 Å². The van der Waals surface area contributed by atoms with Gasteiger partial charge in [0.05, 0.1) is 15.1 Å². The summed E-state index contributed by atoms with van der Waals surface area (Å²) < 4.78 is 6.77. The number of imide groups is 2. The normalized spacial score (nSPS) is 14.2. The van der Waals surface area contributed by atoms with E-state index in [1.54, 1.807) is 12.1 Å². The molecular formula is C27H20Br2N4O7. The number of halogens is 2. The Kier molecular flexibility index (Phi) is 8.45. The SMILES string of the molecule is Cc1ccc(C)c(NC(=O)COc2c(Br)cc(Br)cc2/C=C2/C(=O)NC(=O)N(c3cccc([N+](=O)[O-])c3)C2=O)c1. The Morgan fingerprint density at radius 2 is 1.85 bits per heavy atom. The first kappa shape index (κ1) is 28.6. The Balaban J connectivity index is 1.64. The number of carbonyl (C=O) groups excluding carboxylic acids is 4. The van der Waals surface area contributed by atoms with Crippen molar-refractivity contribution in [2.24, 2.45) is 0 Å². The number of nitrogens with one attached hydrogen (secondary N) is 2. The summed E-state index contributed by atoms with van der Waals surface area (Å²) >= 11 is 6.73. The Hall–Kier alpha value is -4.36. The molecule has 4 rings (SSSR count).